The second-order valence-electron chi connectivity index (χ2n) is 6.21. The van der Waals surface area contributed by atoms with E-state index in [0.717, 1.165) is 35.5 Å². The van der Waals surface area contributed by atoms with Gasteiger partial charge in [-0.05, 0) is 37.5 Å². The minimum Gasteiger partial charge on any atom is -0.496 e. The largest absolute Gasteiger partial charge is 0.496 e. The number of benzene rings is 1. The van der Waals surface area contributed by atoms with Gasteiger partial charge < -0.3 is 16.2 Å². The van der Waals surface area contributed by atoms with Gasteiger partial charge in [0.15, 0.2) is 0 Å². The van der Waals surface area contributed by atoms with Crippen molar-refractivity contribution >= 4 is 5.91 Å². The zero-order valence-electron chi connectivity index (χ0n) is 13.7. The lowest BCUT2D eigenvalue weighted by molar-refractivity contribution is -0.122. The van der Waals surface area contributed by atoms with E-state index in [1.165, 1.54) is 6.33 Å². The zero-order valence-corrected chi connectivity index (χ0v) is 13.7. The minimum absolute atomic E-state index is 0.00714. The Morgan fingerprint density at radius 2 is 2.04 bits per heavy atom. The van der Waals surface area contributed by atoms with Crippen molar-refractivity contribution in [2.45, 2.75) is 31.2 Å². The molecule has 1 aromatic carbocycles. The Balaban J connectivity index is 1.94. The summed E-state index contributed by atoms with van der Waals surface area (Å²) in [6.45, 7) is 0. The highest BCUT2D eigenvalue weighted by atomic mass is 16.5. The molecule has 3 unspecified atom stereocenters. The fraction of sp³-hybridized carbons (Fsp3) is 0.389. The third kappa shape index (κ3) is 3.23. The van der Waals surface area contributed by atoms with Crippen LogP contribution in [0.25, 0.3) is 11.3 Å². The number of rotatable bonds is 4. The third-order valence-electron chi connectivity index (χ3n) is 4.76. The molecule has 1 heterocycles. The minimum atomic E-state index is -0.258. The van der Waals surface area contributed by atoms with Crippen LogP contribution in [0, 0.1) is 5.92 Å². The van der Waals surface area contributed by atoms with Crippen molar-refractivity contribution < 1.29 is 9.53 Å². The lowest BCUT2D eigenvalue weighted by Crippen LogP contribution is -2.39. The van der Waals surface area contributed by atoms with E-state index in [1.54, 1.807) is 7.11 Å². The third-order valence-corrected chi connectivity index (χ3v) is 4.76. The summed E-state index contributed by atoms with van der Waals surface area (Å²) in [5.41, 5.74) is 14.3. The van der Waals surface area contributed by atoms with Gasteiger partial charge in [0.2, 0.25) is 5.91 Å². The molecule has 24 heavy (non-hydrogen) atoms. The first kappa shape index (κ1) is 16.4. The fourth-order valence-corrected chi connectivity index (χ4v) is 3.37. The SMILES string of the molecule is COc1ccccc1-c1cc(C2CC(C(N)=O)CCC2N)ncn1. The van der Waals surface area contributed by atoms with Gasteiger partial charge in [0, 0.05) is 29.1 Å². The summed E-state index contributed by atoms with van der Waals surface area (Å²) in [5, 5.41) is 0. The topological polar surface area (TPSA) is 104 Å². The first-order chi connectivity index (χ1) is 11.6. The van der Waals surface area contributed by atoms with Gasteiger partial charge in [0.25, 0.3) is 0 Å². The molecule has 1 fully saturated rings. The predicted molar refractivity (Wildman–Crippen MR) is 91.3 cm³/mol. The molecule has 3 rings (SSSR count). The molecule has 2 aromatic rings. The molecule has 0 bridgehead atoms. The van der Waals surface area contributed by atoms with E-state index < -0.39 is 0 Å². The van der Waals surface area contributed by atoms with E-state index in [1.807, 2.05) is 30.3 Å². The van der Waals surface area contributed by atoms with Crippen LogP contribution in [0.2, 0.25) is 0 Å². The van der Waals surface area contributed by atoms with Gasteiger partial charge in [0.1, 0.15) is 12.1 Å². The van der Waals surface area contributed by atoms with Crippen LogP contribution in [0.1, 0.15) is 30.9 Å². The quantitative estimate of drug-likeness (QED) is 0.892. The number of carbonyl (C=O) groups is 1. The molecule has 0 saturated heterocycles. The fourth-order valence-electron chi connectivity index (χ4n) is 3.37. The van der Waals surface area contributed by atoms with Crippen molar-refractivity contribution in [2.75, 3.05) is 7.11 Å². The smallest absolute Gasteiger partial charge is 0.220 e. The van der Waals surface area contributed by atoms with Crippen molar-refractivity contribution in [2.24, 2.45) is 17.4 Å². The number of hydrogen-bond donors (Lipinski definition) is 2. The number of primary amides is 1. The molecule has 3 atom stereocenters. The summed E-state index contributed by atoms with van der Waals surface area (Å²) >= 11 is 0. The van der Waals surface area contributed by atoms with Crippen LogP contribution >= 0.6 is 0 Å². The second-order valence-corrected chi connectivity index (χ2v) is 6.21. The molecular formula is C18H22N4O2. The Bertz CT molecular complexity index is 734. The molecule has 1 saturated carbocycles. The average Bonchev–Trinajstić information content (AvgIpc) is 2.62. The molecule has 0 radical (unpaired) electrons. The molecule has 6 heteroatoms. The van der Waals surface area contributed by atoms with Crippen LogP contribution in [0.3, 0.4) is 0 Å². The Kier molecular flexibility index (Phi) is 4.76. The normalized spacial score (nSPS) is 23.7. The summed E-state index contributed by atoms with van der Waals surface area (Å²) in [4.78, 5) is 20.3. The number of carbonyl (C=O) groups excluding carboxylic acids is 1. The number of nitrogens with zero attached hydrogens (tertiary/aromatic N) is 2. The standard InChI is InChI=1S/C18H22N4O2/c1-24-17-5-3-2-4-12(17)15-9-16(22-10-21-15)13-8-11(18(20)23)6-7-14(13)19/h2-5,9-11,13-14H,6-8,19H2,1H3,(H2,20,23). The maximum Gasteiger partial charge on any atom is 0.220 e. The zero-order chi connectivity index (χ0) is 17.1. The van der Waals surface area contributed by atoms with Crippen LogP contribution in [-0.4, -0.2) is 29.0 Å². The Hall–Kier alpha value is -2.47. The van der Waals surface area contributed by atoms with Crippen LogP contribution in [0.15, 0.2) is 36.7 Å². The summed E-state index contributed by atoms with van der Waals surface area (Å²) in [6, 6.07) is 9.62. The molecule has 4 N–H and O–H groups in total. The van der Waals surface area contributed by atoms with Gasteiger partial charge in [-0.1, -0.05) is 12.1 Å². The Labute approximate surface area is 141 Å². The maximum atomic E-state index is 11.5. The van der Waals surface area contributed by atoms with E-state index in [9.17, 15) is 4.79 Å². The molecule has 1 aliphatic rings. The van der Waals surface area contributed by atoms with E-state index in [2.05, 4.69) is 9.97 Å². The number of aromatic nitrogens is 2. The molecule has 0 aliphatic heterocycles. The maximum absolute atomic E-state index is 11.5. The number of amides is 1. The van der Waals surface area contributed by atoms with Crippen molar-refractivity contribution in [3.8, 4) is 17.0 Å². The monoisotopic (exact) mass is 326 g/mol. The first-order valence-electron chi connectivity index (χ1n) is 8.10. The second kappa shape index (κ2) is 6.97. The van der Waals surface area contributed by atoms with Gasteiger partial charge in [-0.25, -0.2) is 9.97 Å². The van der Waals surface area contributed by atoms with Gasteiger partial charge in [0.05, 0.1) is 12.8 Å². The van der Waals surface area contributed by atoms with Crippen molar-refractivity contribution in [3.05, 3.63) is 42.4 Å². The Morgan fingerprint density at radius 1 is 1.25 bits per heavy atom. The van der Waals surface area contributed by atoms with Crippen molar-refractivity contribution in [3.63, 3.8) is 0 Å². The molecule has 126 valence electrons. The predicted octanol–water partition coefficient (Wildman–Crippen LogP) is 1.85. The van der Waals surface area contributed by atoms with Crippen LogP contribution in [0.5, 0.6) is 5.75 Å². The molecule has 1 amide bonds. The van der Waals surface area contributed by atoms with Crippen molar-refractivity contribution in [1.82, 2.24) is 9.97 Å². The van der Waals surface area contributed by atoms with Gasteiger partial charge in [-0.15, -0.1) is 0 Å². The van der Waals surface area contributed by atoms with Crippen LogP contribution < -0.4 is 16.2 Å². The summed E-state index contributed by atoms with van der Waals surface area (Å²) in [5.74, 6) is 0.364. The highest BCUT2D eigenvalue weighted by Gasteiger charge is 2.33. The molecular weight excluding hydrogens is 304 g/mol. The number of hydrogen-bond acceptors (Lipinski definition) is 5. The highest BCUT2D eigenvalue weighted by molar-refractivity contribution is 5.77. The van der Waals surface area contributed by atoms with E-state index in [-0.39, 0.29) is 23.8 Å². The van der Waals surface area contributed by atoms with Gasteiger partial charge in [-0.3, -0.25) is 4.79 Å². The number of methoxy groups -OCH3 is 1. The van der Waals surface area contributed by atoms with Gasteiger partial charge >= 0.3 is 0 Å². The van der Waals surface area contributed by atoms with E-state index >= 15 is 0 Å². The van der Waals surface area contributed by atoms with Crippen LogP contribution in [0.4, 0.5) is 0 Å². The lowest BCUT2D eigenvalue weighted by Gasteiger charge is -2.32. The number of ether oxygens (including phenoxy) is 1. The number of para-hydroxylation sites is 1. The summed E-state index contributed by atoms with van der Waals surface area (Å²) in [6.07, 6.45) is 3.69. The summed E-state index contributed by atoms with van der Waals surface area (Å²) in [7, 11) is 1.63. The summed E-state index contributed by atoms with van der Waals surface area (Å²) < 4.78 is 5.41. The van der Waals surface area contributed by atoms with E-state index in [0.29, 0.717) is 6.42 Å². The molecule has 0 spiro atoms. The van der Waals surface area contributed by atoms with Gasteiger partial charge in [-0.2, -0.15) is 0 Å². The van der Waals surface area contributed by atoms with Crippen molar-refractivity contribution in [1.29, 1.82) is 0 Å². The lowest BCUT2D eigenvalue weighted by atomic mass is 9.76. The highest BCUT2D eigenvalue weighted by Crippen LogP contribution is 2.36. The molecule has 6 nitrogen and oxygen atoms in total. The number of nitrogens with two attached hydrogens (primary N) is 2. The van der Waals surface area contributed by atoms with Crippen LogP contribution in [-0.2, 0) is 4.79 Å². The molecule has 1 aromatic heterocycles. The Morgan fingerprint density at radius 3 is 2.79 bits per heavy atom. The van der Waals surface area contributed by atoms with E-state index in [4.69, 9.17) is 16.2 Å². The first-order valence-corrected chi connectivity index (χ1v) is 8.10. The molecule has 1 aliphatic carbocycles. The average molecular weight is 326 g/mol.